The van der Waals surface area contributed by atoms with E-state index in [1.807, 2.05) is 56.6 Å². The summed E-state index contributed by atoms with van der Waals surface area (Å²) in [6, 6.07) is 17.2. The summed E-state index contributed by atoms with van der Waals surface area (Å²) in [7, 11) is 3.67. The number of pyridine rings is 1. The number of aliphatic hydroxyl groups excluding tert-OH is 1. The van der Waals surface area contributed by atoms with Crippen LogP contribution in [0.4, 0.5) is 5.82 Å². The van der Waals surface area contributed by atoms with Gasteiger partial charge in [0, 0.05) is 26.8 Å². The first-order valence-corrected chi connectivity index (χ1v) is 8.13. The molecule has 1 atom stereocenters. The van der Waals surface area contributed by atoms with Gasteiger partial charge in [-0.3, -0.25) is 4.79 Å². The van der Waals surface area contributed by atoms with Crippen LogP contribution < -0.4 is 10.2 Å². The molecule has 2 aromatic carbocycles. The van der Waals surface area contributed by atoms with Gasteiger partial charge in [-0.15, -0.1) is 0 Å². The van der Waals surface area contributed by atoms with Gasteiger partial charge in [-0.05, 0) is 34.5 Å². The monoisotopic (exact) mass is 335 g/mol. The fourth-order valence-electron chi connectivity index (χ4n) is 2.75. The molecular weight excluding hydrogens is 314 g/mol. The van der Waals surface area contributed by atoms with Gasteiger partial charge in [0.15, 0.2) is 0 Å². The number of carbonyl (C=O) groups excluding carboxylic acids is 1. The van der Waals surface area contributed by atoms with E-state index >= 15 is 0 Å². The van der Waals surface area contributed by atoms with Crippen LogP contribution in [0.2, 0.25) is 0 Å². The molecule has 0 aliphatic rings. The Kier molecular flexibility index (Phi) is 4.95. The molecule has 0 aliphatic heterocycles. The quantitative estimate of drug-likeness (QED) is 0.752. The highest BCUT2D eigenvalue weighted by atomic mass is 16.3. The lowest BCUT2D eigenvalue weighted by atomic mass is 10.0. The van der Waals surface area contributed by atoms with Crippen LogP contribution in [0.15, 0.2) is 60.8 Å². The van der Waals surface area contributed by atoms with E-state index in [2.05, 4.69) is 10.3 Å². The van der Waals surface area contributed by atoms with Crippen molar-refractivity contribution in [1.82, 2.24) is 10.3 Å². The van der Waals surface area contributed by atoms with Gasteiger partial charge in [-0.2, -0.15) is 0 Å². The number of anilines is 1. The molecule has 0 radical (unpaired) electrons. The van der Waals surface area contributed by atoms with Crippen LogP contribution in [0.3, 0.4) is 0 Å². The summed E-state index contributed by atoms with van der Waals surface area (Å²) in [6.07, 6.45) is 0.879. The van der Waals surface area contributed by atoms with Crippen molar-refractivity contribution in [2.24, 2.45) is 0 Å². The molecule has 128 valence electrons. The van der Waals surface area contributed by atoms with Gasteiger partial charge in [-0.25, -0.2) is 4.98 Å². The van der Waals surface area contributed by atoms with Gasteiger partial charge in [0.25, 0.3) is 5.91 Å². The second-order valence-corrected chi connectivity index (χ2v) is 6.10. The summed E-state index contributed by atoms with van der Waals surface area (Å²) >= 11 is 0. The third kappa shape index (κ3) is 3.78. The van der Waals surface area contributed by atoms with E-state index in [9.17, 15) is 9.90 Å². The zero-order valence-electron chi connectivity index (χ0n) is 14.3. The Balaban J connectivity index is 1.71. The fraction of sp³-hybridized carbons (Fsp3) is 0.200. The van der Waals surface area contributed by atoms with E-state index in [-0.39, 0.29) is 12.5 Å². The average molecular weight is 335 g/mol. The molecule has 0 fully saturated rings. The Morgan fingerprint density at radius 2 is 1.88 bits per heavy atom. The van der Waals surface area contributed by atoms with Crippen molar-refractivity contribution in [3.8, 4) is 0 Å². The van der Waals surface area contributed by atoms with Gasteiger partial charge in [0.2, 0.25) is 0 Å². The van der Waals surface area contributed by atoms with Crippen LogP contribution in [0.25, 0.3) is 10.8 Å². The molecule has 3 aromatic rings. The van der Waals surface area contributed by atoms with Crippen LogP contribution in [-0.2, 0) is 0 Å². The lowest BCUT2D eigenvalue weighted by molar-refractivity contribution is 0.0916. The Morgan fingerprint density at radius 1 is 1.12 bits per heavy atom. The molecule has 25 heavy (non-hydrogen) atoms. The maximum atomic E-state index is 12.4. The molecule has 2 N–H and O–H groups in total. The highest BCUT2D eigenvalue weighted by molar-refractivity contribution is 5.98. The Morgan fingerprint density at radius 3 is 2.64 bits per heavy atom. The van der Waals surface area contributed by atoms with Gasteiger partial charge in [0.05, 0.1) is 11.7 Å². The second-order valence-electron chi connectivity index (χ2n) is 6.10. The van der Waals surface area contributed by atoms with Crippen molar-refractivity contribution in [2.45, 2.75) is 6.10 Å². The molecule has 1 heterocycles. The van der Waals surface area contributed by atoms with Crippen molar-refractivity contribution < 1.29 is 9.90 Å². The Bertz CT molecular complexity index is 893. The number of amides is 1. The Hall–Kier alpha value is -2.92. The van der Waals surface area contributed by atoms with Crippen molar-refractivity contribution in [3.63, 3.8) is 0 Å². The Labute approximate surface area is 146 Å². The number of aromatic nitrogens is 1. The molecule has 1 unspecified atom stereocenters. The number of nitrogens with one attached hydrogen (secondary N) is 1. The first-order valence-electron chi connectivity index (χ1n) is 8.13. The van der Waals surface area contributed by atoms with Crippen LogP contribution in [-0.4, -0.2) is 36.6 Å². The maximum Gasteiger partial charge on any atom is 0.255 e. The van der Waals surface area contributed by atoms with Gasteiger partial charge in [-0.1, -0.05) is 36.4 Å². The van der Waals surface area contributed by atoms with Crippen molar-refractivity contribution >= 4 is 22.5 Å². The first kappa shape index (κ1) is 16.9. The SMILES string of the molecule is CN(C)c1ncccc1C(=O)NCC(O)c1ccc2ccccc2c1. The third-order valence-electron chi connectivity index (χ3n) is 4.07. The largest absolute Gasteiger partial charge is 0.387 e. The van der Waals surface area contributed by atoms with E-state index in [1.165, 1.54) is 0 Å². The van der Waals surface area contributed by atoms with Crippen molar-refractivity contribution in [3.05, 3.63) is 71.9 Å². The minimum absolute atomic E-state index is 0.138. The predicted molar refractivity (Wildman–Crippen MR) is 99.8 cm³/mol. The summed E-state index contributed by atoms with van der Waals surface area (Å²) in [5, 5.41) is 15.4. The highest BCUT2D eigenvalue weighted by Gasteiger charge is 2.15. The van der Waals surface area contributed by atoms with Crippen LogP contribution in [0.1, 0.15) is 22.0 Å². The van der Waals surface area contributed by atoms with Crippen molar-refractivity contribution in [2.75, 3.05) is 25.5 Å². The number of nitrogens with zero attached hydrogens (tertiary/aromatic N) is 2. The molecular formula is C20H21N3O2. The third-order valence-corrected chi connectivity index (χ3v) is 4.07. The predicted octanol–water partition coefficient (Wildman–Crippen LogP) is 2.76. The lowest BCUT2D eigenvalue weighted by Crippen LogP contribution is -2.30. The number of hydrogen-bond acceptors (Lipinski definition) is 4. The van der Waals surface area contributed by atoms with Crippen LogP contribution >= 0.6 is 0 Å². The summed E-state index contributed by atoms with van der Waals surface area (Å²) in [4.78, 5) is 18.4. The summed E-state index contributed by atoms with van der Waals surface area (Å²) in [5.74, 6) is 0.344. The number of rotatable bonds is 5. The minimum Gasteiger partial charge on any atom is -0.387 e. The fourth-order valence-corrected chi connectivity index (χ4v) is 2.75. The topological polar surface area (TPSA) is 65.5 Å². The standard InChI is InChI=1S/C20H21N3O2/c1-23(2)19-17(8-5-11-21-19)20(25)22-13-18(24)16-10-9-14-6-3-4-7-15(14)12-16/h3-12,18,24H,13H2,1-2H3,(H,22,25). The molecule has 3 rings (SSSR count). The minimum atomic E-state index is -0.770. The average Bonchev–Trinajstić information content (AvgIpc) is 2.65. The molecule has 1 amide bonds. The number of carbonyl (C=O) groups is 1. The molecule has 5 heteroatoms. The van der Waals surface area contributed by atoms with E-state index in [4.69, 9.17) is 0 Å². The maximum absolute atomic E-state index is 12.4. The number of fused-ring (bicyclic) bond motifs is 1. The van der Waals surface area contributed by atoms with Gasteiger partial charge >= 0.3 is 0 Å². The zero-order chi connectivity index (χ0) is 17.8. The molecule has 0 aliphatic carbocycles. The first-order chi connectivity index (χ1) is 12.1. The van der Waals surface area contributed by atoms with Gasteiger partial charge < -0.3 is 15.3 Å². The van der Waals surface area contributed by atoms with E-state index in [0.717, 1.165) is 16.3 Å². The zero-order valence-corrected chi connectivity index (χ0v) is 14.3. The van der Waals surface area contributed by atoms with E-state index < -0.39 is 6.10 Å². The molecule has 0 bridgehead atoms. The number of hydrogen-bond donors (Lipinski definition) is 2. The van der Waals surface area contributed by atoms with Crippen molar-refractivity contribution in [1.29, 1.82) is 0 Å². The summed E-state index contributed by atoms with van der Waals surface area (Å²) < 4.78 is 0. The van der Waals surface area contributed by atoms with Crippen LogP contribution in [0, 0.1) is 0 Å². The number of aliphatic hydroxyl groups is 1. The number of benzene rings is 2. The molecule has 0 spiro atoms. The molecule has 5 nitrogen and oxygen atoms in total. The summed E-state index contributed by atoms with van der Waals surface area (Å²) in [6.45, 7) is 0.138. The van der Waals surface area contributed by atoms with E-state index in [0.29, 0.717) is 11.4 Å². The van der Waals surface area contributed by atoms with Crippen LogP contribution in [0.5, 0.6) is 0 Å². The molecule has 0 saturated carbocycles. The van der Waals surface area contributed by atoms with Gasteiger partial charge in [0.1, 0.15) is 5.82 Å². The second kappa shape index (κ2) is 7.32. The van der Waals surface area contributed by atoms with E-state index in [1.54, 1.807) is 23.2 Å². The highest BCUT2D eigenvalue weighted by Crippen LogP contribution is 2.20. The normalized spacial score (nSPS) is 12.0. The molecule has 1 aromatic heterocycles. The lowest BCUT2D eigenvalue weighted by Gasteiger charge is -2.17. The summed E-state index contributed by atoms with van der Waals surface area (Å²) in [5.41, 5.74) is 1.26. The molecule has 0 saturated heterocycles. The smallest absolute Gasteiger partial charge is 0.255 e.